The fourth-order valence-electron chi connectivity index (χ4n) is 1.41. The molecule has 1 aromatic carbocycles. The molecule has 1 aromatic heterocycles. The highest BCUT2D eigenvalue weighted by Gasteiger charge is 2.06. The van der Waals surface area contributed by atoms with Gasteiger partial charge < -0.3 is 5.11 Å². The van der Waals surface area contributed by atoms with Crippen LogP contribution in [0, 0.1) is 13.7 Å². The van der Waals surface area contributed by atoms with Crippen LogP contribution in [-0.2, 0) is 0 Å². The van der Waals surface area contributed by atoms with E-state index >= 15 is 0 Å². The molecule has 0 bridgehead atoms. The van der Waals surface area contributed by atoms with Gasteiger partial charge in [-0.05, 0) is 40.8 Å². The van der Waals surface area contributed by atoms with Crippen LogP contribution in [0.15, 0.2) is 40.0 Å². The summed E-state index contributed by atoms with van der Waals surface area (Å²) in [5.74, 6) is 0.488. The van der Waals surface area contributed by atoms with Crippen LogP contribution in [0.2, 0.25) is 0 Å². The predicted octanol–water partition coefficient (Wildman–Crippen LogP) is 3.51. The van der Waals surface area contributed by atoms with Crippen LogP contribution in [0.1, 0.15) is 5.56 Å². The number of nitrogens with zero attached hydrogens (tertiary/aromatic N) is 3. The number of hydrazone groups is 1. The highest BCUT2D eigenvalue weighted by Crippen LogP contribution is 2.27. The largest absolute Gasteiger partial charge is 0.506 e. The van der Waals surface area contributed by atoms with Crippen LogP contribution in [0.25, 0.3) is 0 Å². The topological polar surface area (TPSA) is 101 Å². The summed E-state index contributed by atoms with van der Waals surface area (Å²) in [6, 6.07) is 6.26. The van der Waals surface area contributed by atoms with Crippen molar-refractivity contribution in [2.75, 3.05) is 5.43 Å². The summed E-state index contributed by atoms with van der Waals surface area (Å²) in [6.45, 7) is 0. The van der Waals surface area contributed by atoms with E-state index in [1.807, 2.05) is 22.6 Å². The molecular formula is C12H8BrIN4O3. The number of halogens is 2. The number of pyridine rings is 1. The average molecular weight is 463 g/mol. The number of phenolic OH excluding ortho intramolecular Hbond substituents is 1. The SMILES string of the molecule is O=[N+]([O-])c1ccc(N/N=C\c2cc(Br)cc(I)c2O)nc1. The first kappa shape index (κ1) is 15.6. The zero-order valence-electron chi connectivity index (χ0n) is 10.3. The first-order chi connectivity index (χ1) is 9.97. The van der Waals surface area contributed by atoms with E-state index in [0.717, 1.165) is 10.7 Å². The van der Waals surface area contributed by atoms with Gasteiger partial charge in [-0.15, -0.1) is 0 Å². The zero-order chi connectivity index (χ0) is 15.4. The molecule has 1 heterocycles. The van der Waals surface area contributed by atoms with Gasteiger partial charge in [0.15, 0.2) is 0 Å². The van der Waals surface area contributed by atoms with E-state index in [1.54, 1.807) is 12.1 Å². The lowest BCUT2D eigenvalue weighted by molar-refractivity contribution is -0.385. The van der Waals surface area contributed by atoms with Gasteiger partial charge in [0.2, 0.25) is 0 Å². The smallest absolute Gasteiger partial charge is 0.287 e. The van der Waals surface area contributed by atoms with Crippen LogP contribution >= 0.6 is 38.5 Å². The zero-order valence-corrected chi connectivity index (χ0v) is 14.1. The maximum Gasteiger partial charge on any atom is 0.287 e. The van der Waals surface area contributed by atoms with Gasteiger partial charge in [-0.1, -0.05) is 15.9 Å². The Balaban J connectivity index is 2.10. The summed E-state index contributed by atoms with van der Waals surface area (Å²) in [6.07, 6.45) is 2.57. The fourth-order valence-corrected chi connectivity index (χ4v) is 2.96. The number of phenols is 1. The Morgan fingerprint density at radius 3 is 2.86 bits per heavy atom. The van der Waals surface area contributed by atoms with Gasteiger partial charge in [-0.2, -0.15) is 5.10 Å². The van der Waals surface area contributed by atoms with Crippen LogP contribution in [0.4, 0.5) is 11.5 Å². The third-order valence-electron chi connectivity index (χ3n) is 2.40. The van der Waals surface area contributed by atoms with Crippen molar-refractivity contribution in [3.63, 3.8) is 0 Å². The molecule has 0 spiro atoms. The number of rotatable bonds is 4. The molecule has 0 aliphatic heterocycles. The second kappa shape index (κ2) is 6.80. The van der Waals surface area contributed by atoms with Crippen LogP contribution in [-0.4, -0.2) is 21.2 Å². The van der Waals surface area contributed by atoms with E-state index in [1.165, 1.54) is 18.3 Å². The van der Waals surface area contributed by atoms with Crippen LogP contribution < -0.4 is 5.43 Å². The predicted molar refractivity (Wildman–Crippen MR) is 90.6 cm³/mol. The molecule has 0 fully saturated rings. The second-order valence-electron chi connectivity index (χ2n) is 3.85. The summed E-state index contributed by atoms with van der Waals surface area (Å²) in [7, 11) is 0. The minimum absolute atomic E-state index is 0.0938. The van der Waals surface area contributed by atoms with Crippen molar-refractivity contribution in [1.82, 2.24) is 4.98 Å². The molecule has 0 atom stereocenters. The molecule has 0 amide bonds. The van der Waals surface area contributed by atoms with Gasteiger partial charge in [0.1, 0.15) is 17.8 Å². The van der Waals surface area contributed by atoms with Crippen molar-refractivity contribution in [3.05, 3.63) is 54.2 Å². The number of hydrogen-bond acceptors (Lipinski definition) is 6. The number of aromatic hydroxyl groups is 1. The molecule has 7 nitrogen and oxygen atoms in total. The highest BCUT2D eigenvalue weighted by molar-refractivity contribution is 14.1. The van der Waals surface area contributed by atoms with E-state index in [4.69, 9.17) is 0 Å². The van der Waals surface area contributed by atoms with Crippen molar-refractivity contribution >= 4 is 56.2 Å². The van der Waals surface area contributed by atoms with Gasteiger partial charge in [0.25, 0.3) is 5.69 Å². The lowest BCUT2D eigenvalue weighted by atomic mass is 10.2. The molecule has 0 radical (unpaired) electrons. The molecule has 0 aliphatic carbocycles. The molecule has 108 valence electrons. The second-order valence-corrected chi connectivity index (χ2v) is 5.93. The first-order valence-corrected chi connectivity index (χ1v) is 7.42. The quantitative estimate of drug-likeness (QED) is 0.313. The monoisotopic (exact) mass is 462 g/mol. The number of nitro groups is 1. The lowest BCUT2D eigenvalue weighted by Gasteiger charge is -2.03. The maximum atomic E-state index is 10.5. The molecule has 2 aromatic rings. The molecule has 0 saturated heterocycles. The standard InChI is InChI=1S/C12H8BrIN4O3/c13-8-3-7(12(19)10(14)4-8)5-16-17-11-2-1-9(6-15-11)18(20)21/h1-6,19H,(H,15,17)/b16-5-. The molecule has 0 aliphatic rings. The maximum absolute atomic E-state index is 10.5. The van der Waals surface area contributed by atoms with E-state index in [9.17, 15) is 15.2 Å². The van der Waals surface area contributed by atoms with Crippen molar-refractivity contribution in [2.45, 2.75) is 0 Å². The Hall–Kier alpha value is -1.75. The number of nitrogens with one attached hydrogen (secondary N) is 1. The average Bonchev–Trinajstić information content (AvgIpc) is 2.44. The van der Waals surface area contributed by atoms with Gasteiger partial charge >= 0.3 is 0 Å². The molecule has 2 N–H and O–H groups in total. The molecule has 21 heavy (non-hydrogen) atoms. The van der Waals surface area contributed by atoms with E-state index in [0.29, 0.717) is 15.0 Å². The van der Waals surface area contributed by atoms with Crippen LogP contribution in [0.3, 0.4) is 0 Å². The number of benzene rings is 1. The lowest BCUT2D eigenvalue weighted by Crippen LogP contribution is -1.95. The summed E-state index contributed by atoms with van der Waals surface area (Å²) >= 11 is 5.34. The molecular weight excluding hydrogens is 455 g/mol. The highest BCUT2D eigenvalue weighted by atomic mass is 127. The molecule has 0 saturated carbocycles. The van der Waals surface area contributed by atoms with E-state index in [-0.39, 0.29) is 11.4 Å². The third kappa shape index (κ3) is 4.11. The Morgan fingerprint density at radius 1 is 1.48 bits per heavy atom. The fraction of sp³-hybridized carbons (Fsp3) is 0. The van der Waals surface area contributed by atoms with E-state index in [2.05, 4.69) is 31.4 Å². The summed E-state index contributed by atoms with van der Waals surface area (Å²) < 4.78 is 1.51. The van der Waals surface area contributed by atoms with Gasteiger partial charge in [0.05, 0.1) is 14.7 Å². The van der Waals surface area contributed by atoms with Crippen molar-refractivity contribution in [3.8, 4) is 5.75 Å². The van der Waals surface area contributed by atoms with Crippen LogP contribution in [0.5, 0.6) is 5.75 Å². The van der Waals surface area contributed by atoms with Crippen molar-refractivity contribution in [1.29, 1.82) is 0 Å². The van der Waals surface area contributed by atoms with Crippen molar-refractivity contribution < 1.29 is 10.0 Å². The molecule has 0 unspecified atom stereocenters. The summed E-state index contributed by atoms with van der Waals surface area (Å²) in [5.41, 5.74) is 3.07. The van der Waals surface area contributed by atoms with Crippen molar-refractivity contribution in [2.24, 2.45) is 5.10 Å². The Kier molecular flexibility index (Phi) is 5.07. The Bertz CT molecular complexity index is 706. The number of anilines is 1. The van der Waals surface area contributed by atoms with Gasteiger partial charge in [-0.3, -0.25) is 15.5 Å². The summed E-state index contributed by atoms with van der Waals surface area (Å²) in [4.78, 5) is 13.8. The van der Waals surface area contributed by atoms with Gasteiger partial charge in [-0.25, -0.2) is 4.98 Å². The molecule has 9 heteroatoms. The summed E-state index contributed by atoms with van der Waals surface area (Å²) in [5, 5.41) is 24.3. The molecule has 2 rings (SSSR count). The number of hydrogen-bond donors (Lipinski definition) is 2. The third-order valence-corrected chi connectivity index (χ3v) is 3.68. The van der Waals surface area contributed by atoms with E-state index < -0.39 is 4.92 Å². The van der Waals surface area contributed by atoms with Gasteiger partial charge in [0, 0.05) is 16.1 Å². The number of aromatic nitrogens is 1. The minimum atomic E-state index is -0.526. The minimum Gasteiger partial charge on any atom is -0.506 e. The Morgan fingerprint density at radius 2 is 2.24 bits per heavy atom. The Labute approximate surface area is 141 Å². The first-order valence-electron chi connectivity index (χ1n) is 5.55. The normalized spacial score (nSPS) is 10.8.